The predicted octanol–water partition coefficient (Wildman–Crippen LogP) is 1.88. The summed E-state index contributed by atoms with van der Waals surface area (Å²) in [5, 5.41) is 11.2. The van der Waals surface area contributed by atoms with E-state index in [2.05, 4.69) is 5.32 Å². The van der Waals surface area contributed by atoms with Crippen molar-refractivity contribution in [2.45, 2.75) is 26.2 Å². The molecule has 0 radical (unpaired) electrons. The Kier molecular flexibility index (Phi) is 5.54. The second-order valence-corrected chi connectivity index (χ2v) is 5.69. The fourth-order valence-electron chi connectivity index (χ4n) is 2.72. The second kappa shape index (κ2) is 7.60. The summed E-state index contributed by atoms with van der Waals surface area (Å²) in [5.41, 5.74) is 1.77. The van der Waals surface area contributed by atoms with Gasteiger partial charge >= 0.3 is 0 Å². The average Bonchev–Trinajstić information content (AvgIpc) is 2.53. The van der Waals surface area contributed by atoms with Crippen LogP contribution in [0.4, 0.5) is 0 Å². The van der Waals surface area contributed by atoms with Crippen molar-refractivity contribution in [2.24, 2.45) is 5.92 Å². The molecular weight excluding hydrogens is 278 g/mol. The molecule has 0 spiro atoms. The second-order valence-electron chi connectivity index (χ2n) is 5.69. The zero-order valence-corrected chi connectivity index (χ0v) is 12.8. The van der Waals surface area contributed by atoms with E-state index >= 15 is 0 Å². The highest BCUT2D eigenvalue weighted by Gasteiger charge is 2.24. The number of hydrogen-bond acceptors (Lipinski definition) is 3. The van der Waals surface area contributed by atoms with E-state index in [1.807, 2.05) is 42.2 Å². The molecule has 5 nitrogen and oxygen atoms in total. The highest BCUT2D eigenvalue weighted by atomic mass is 16.2. The van der Waals surface area contributed by atoms with E-state index < -0.39 is 0 Å². The number of amides is 2. The maximum absolute atomic E-state index is 12.5. The molecule has 116 valence electrons. The van der Waals surface area contributed by atoms with Crippen molar-refractivity contribution in [3.8, 4) is 6.07 Å². The Balaban J connectivity index is 1.82. The van der Waals surface area contributed by atoms with Gasteiger partial charge in [0, 0.05) is 25.2 Å². The smallest absolute Gasteiger partial charge is 0.254 e. The highest BCUT2D eigenvalue weighted by molar-refractivity contribution is 5.95. The Morgan fingerprint density at radius 3 is 2.64 bits per heavy atom. The topological polar surface area (TPSA) is 73.2 Å². The SMILES string of the molecule is Cc1ccccc1C(=O)N1CCC(CNC(=O)CC#N)CC1. The lowest BCUT2D eigenvalue weighted by Crippen LogP contribution is -2.41. The Hall–Kier alpha value is -2.35. The number of nitrogens with zero attached hydrogens (tertiary/aromatic N) is 2. The van der Waals surface area contributed by atoms with Gasteiger partial charge in [-0.3, -0.25) is 9.59 Å². The molecule has 1 heterocycles. The van der Waals surface area contributed by atoms with Crippen LogP contribution < -0.4 is 5.32 Å². The lowest BCUT2D eigenvalue weighted by atomic mass is 9.95. The Bertz CT molecular complexity index is 584. The minimum atomic E-state index is -0.221. The zero-order valence-electron chi connectivity index (χ0n) is 12.8. The van der Waals surface area contributed by atoms with Crippen LogP contribution in [-0.4, -0.2) is 36.3 Å². The van der Waals surface area contributed by atoms with Crippen molar-refractivity contribution >= 4 is 11.8 Å². The van der Waals surface area contributed by atoms with Crippen LogP contribution in [0.3, 0.4) is 0 Å². The number of aryl methyl sites for hydroxylation is 1. The van der Waals surface area contributed by atoms with Crippen molar-refractivity contribution in [3.63, 3.8) is 0 Å². The monoisotopic (exact) mass is 299 g/mol. The first-order valence-corrected chi connectivity index (χ1v) is 7.60. The molecule has 0 bridgehead atoms. The van der Waals surface area contributed by atoms with E-state index in [0.717, 1.165) is 24.0 Å². The summed E-state index contributed by atoms with van der Waals surface area (Å²) >= 11 is 0. The first kappa shape index (κ1) is 16.0. The molecule has 22 heavy (non-hydrogen) atoms. The third kappa shape index (κ3) is 4.08. The van der Waals surface area contributed by atoms with Gasteiger partial charge in [-0.05, 0) is 37.3 Å². The van der Waals surface area contributed by atoms with E-state index in [4.69, 9.17) is 5.26 Å². The van der Waals surface area contributed by atoms with E-state index in [-0.39, 0.29) is 18.2 Å². The van der Waals surface area contributed by atoms with Gasteiger partial charge in [-0.15, -0.1) is 0 Å². The number of rotatable bonds is 4. The number of carbonyl (C=O) groups excluding carboxylic acids is 2. The zero-order chi connectivity index (χ0) is 15.9. The lowest BCUT2D eigenvalue weighted by molar-refractivity contribution is -0.120. The molecular formula is C17H21N3O2. The summed E-state index contributed by atoms with van der Waals surface area (Å²) in [5.74, 6) is 0.245. The Morgan fingerprint density at radius 2 is 2.00 bits per heavy atom. The summed E-state index contributed by atoms with van der Waals surface area (Å²) in [4.78, 5) is 25.7. The minimum Gasteiger partial charge on any atom is -0.355 e. The van der Waals surface area contributed by atoms with E-state index in [0.29, 0.717) is 25.6 Å². The van der Waals surface area contributed by atoms with Crippen LogP contribution >= 0.6 is 0 Å². The standard InChI is InChI=1S/C17H21N3O2/c1-13-4-2-3-5-15(13)17(22)20-10-7-14(8-11-20)12-19-16(21)6-9-18/h2-5,14H,6-8,10-12H2,1H3,(H,19,21). The van der Waals surface area contributed by atoms with Gasteiger partial charge in [0.05, 0.1) is 6.07 Å². The van der Waals surface area contributed by atoms with Gasteiger partial charge in [0.25, 0.3) is 5.91 Å². The molecule has 1 aliphatic heterocycles. The van der Waals surface area contributed by atoms with Gasteiger partial charge in [-0.1, -0.05) is 18.2 Å². The molecule has 2 amide bonds. The van der Waals surface area contributed by atoms with E-state index in [1.54, 1.807) is 0 Å². The largest absolute Gasteiger partial charge is 0.355 e. The number of carbonyl (C=O) groups is 2. The van der Waals surface area contributed by atoms with Crippen molar-refractivity contribution in [2.75, 3.05) is 19.6 Å². The number of hydrogen-bond donors (Lipinski definition) is 1. The summed E-state index contributed by atoms with van der Waals surface area (Å²) in [6, 6.07) is 9.47. The van der Waals surface area contributed by atoms with E-state index in [1.165, 1.54) is 0 Å². The molecule has 1 fully saturated rings. The molecule has 1 aromatic rings. The summed E-state index contributed by atoms with van der Waals surface area (Å²) in [7, 11) is 0. The molecule has 1 aromatic carbocycles. The van der Waals surface area contributed by atoms with Crippen molar-refractivity contribution in [3.05, 3.63) is 35.4 Å². The number of likely N-dealkylation sites (tertiary alicyclic amines) is 1. The van der Waals surface area contributed by atoms with Crippen LogP contribution in [0, 0.1) is 24.2 Å². The number of nitriles is 1. The molecule has 0 atom stereocenters. The average molecular weight is 299 g/mol. The van der Waals surface area contributed by atoms with Gasteiger partial charge < -0.3 is 10.2 Å². The fraction of sp³-hybridized carbons (Fsp3) is 0.471. The maximum Gasteiger partial charge on any atom is 0.254 e. The van der Waals surface area contributed by atoms with Crippen molar-refractivity contribution < 1.29 is 9.59 Å². The highest BCUT2D eigenvalue weighted by Crippen LogP contribution is 2.19. The molecule has 0 aromatic heterocycles. The van der Waals surface area contributed by atoms with Gasteiger partial charge in [0.15, 0.2) is 0 Å². The number of nitrogens with one attached hydrogen (secondary N) is 1. The lowest BCUT2D eigenvalue weighted by Gasteiger charge is -2.32. The fourth-order valence-corrected chi connectivity index (χ4v) is 2.72. The van der Waals surface area contributed by atoms with Gasteiger partial charge in [0.1, 0.15) is 6.42 Å². The molecule has 2 rings (SSSR count). The summed E-state index contributed by atoms with van der Waals surface area (Å²) in [6.45, 7) is 3.97. The van der Waals surface area contributed by atoms with Crippen molar-refractivity contribution in [1.82, 2.24) is 10.2 Å². The first-order chi connectivity index (χ1) is 10.6. The van der Waals surface area contributed by atoms with Crippen LogP contribution in [-0.2, 0) is 4.79 Å². The van der Waals surface area contributed by atoms with Crippen LogP contribution in [0.25, 0.3) is 0 Å². The third-order valence-corrected chi connectivity index (χ3v) is 4.10. The van der Waals surface area contributed by atoms with Gasteiger partial charge in [-0.25, -0.2) is 0 Å². The Labute approximate surface area is 130 Å². The van der Waals surface area contributed by atoms with Crippen LogP contribution in [0.5, 0.6) is 0 Å². The van der Waals surface area contributed by atoms with Gasteiger partial charge in [0.2, 0.25) is 5.91 Å². The molecule has 0 aliphatic carbocycles. The quantitative estimate of drug-likeness (QED) is 0.922. The Morgan fingerprint density at radius 1 is 1.32 bits per heavy atom. The van der Waals surface area contributed by atoms with Crippen LogP contribution in [0.1, 0.15) is 35.2 Å². The van der Waals surface area contributed by atoms with Crippen LogP contribution in [0.2, 0.25) is 0 Å². The minimum absolute atomic E-state index is 0.0880. The first-order valence-electron chi connectivity index (χ1n) is 7.60. The molecule has 1 N–H and O–H groups in total. The summed E-state index contributed by atoms with van der Waals surface area (Å²) in [6.07, 6.45) is 1.67. The maximum atomic E-state index is 12.5. The molecule has 1 saturated heterocycles. The summed E-state index contributed by atoms with van der Waals surface area (Å²) < 4.78 is 0. The number of piperidine rings is 1. The molecule has 0 unspecified atom stereocenters. The van der Waals surface area contributed by atoms with Gasteiger partial charge in [-0.2, -0.15) is 5.26 Å². The van der Waals surface area contributed by atoms with Crippen LogP contribution in [0.15, 0.2) is 24.3 Å². The number of benzene rings is 1. The molecule has 5 heteroatoms. The molecule has 1 aliphatic rings. The van der Waals surface area contributed by atoms with Crippen molar-refractivity contribution in [1.29, 1.82) is 5.26 Å². The third-order valence-electron chi connectivity index (χ3n) is 4.10. The predicted molar refractivity (Wildman–Crippen MR) is 83.0 cm³/mol. The van der Waals surface area contributed by atoms with E-state index in [9.17, 15) is 9.59 Å². The normalized spacial score (nSPS) is 15.2. The molecule has 0 saturated carbocycles.